The zero-order chi connectivity index (χ0) is 14.1. The third-order valence-corrected chi connectivity index (χ3v) is 3.94. The number of methoxy groups -OCH3 is 1. The zero-order valence-electron chi connectivity index (χ0n) is 15.5. The standard InChI is InChI=1S/C13H21O4P.2Na.2H/c1-8(2)10-6-7-11(18(14,15)16)12(9(3)4)13(10)17-5;;;;/h6-9H,1-5H3,(H2,14,15,16);;;;/q;2*+1;2*-1. The Balaban J connectivity index is -0.000000405. The van der Waals surface area contributed by atoms with Gasteiger partial charge in [-0.05, 0) is 23.5 Å². The summed E-state index contributed by atoms with van der Waals surface area (Å²) in [6, 6.07) is 3.26. The number of benzene rings is 1. The average molecular weight is 320 g/mol. The molecular formula is C13H23Na2O4P. The second-order valence-electron chi connectivity index (χ2n) is 4.97. The third kappa shape index (κ3) is 5.42. The van der Waals surface area contributed by atoms with E-state index in [0.29, 0.717) is 11.3 Å². The van der Waals surface area contributed by atoms with E-state index in [9.17, 15) is 14.4 Å². The summed E-state index contributed by atoms with van der Waals surface area (Å²) in [5.41, 5.74) is 1.58. The summed E-state index contributed by atoms with van der Waals surface area (Å²) in [6.07, 6.45) is 0. The number of hydrogen-bond acceptors (Lipinski definition) is 2. The van der Waals surface area contributed by atoms with E-state index in [0.717, 1.165) is 5.56 Å². The molecule has 0 aliphatic heterocycles. The van der Waals surface area contributed by atoms with E-state index in [4.69, 9.17) is 4.74 Å². The minimum Gasteiger partial charge on any atom is -1.00 e. The minimum absolute atomic E-state index is 0. The molecule has 0 heterocycles. The SMILES string of the molecule is COc1c(C(C)C)ccc(P(=O)(O)O)c1C(C)C.[H-].[H-].[Na+].[Na+]. The van der Waals surface area contributed by atoms with Gasteiger partial charge in [-0.1, -0.05) is 33.8 Å². The molecule has 0 aromatic heterocycles. The summed E-state index contributed by atoms with van der Waals surface area (Å²) in [6.45, 7) is 7.86. The van der Waals surface area contributed by atoms with Crippen molar-refractivity contribution < 1.29 is 81.1 Å². The van der Waals surface area contributed by atoms with Crippen molar-refractivity contribution in [3.8, 4) is 5.75 Å². The molecule has 20 heavy (non-hydrogen) atoms. The molecule has 0 fully saturated rings. The molecule has 1 aromatic carbocycles. The molecule has 0 unspecified atom stereocenters. The molecule has 0 aliphatic rings. The van der Waals surface area contributed by atoms with Crippen molar-refractivity contribution in [3.05, 3.63) is 23.3 Å². The van der Waals surface area contributed by atoms with Crippen molar-refractivity contribution in [2.75, 3.05) is 7.11 Å². The van der Waals surface area contributed by atoms with Gasteiger partial charge in [0.15, 0.2) is 0 Å². The van der Waals surface area contributed by atoms with Crippen molar-refractivity contribution in [3.63, 3.8) is 0 Å². The van der Waals surface area contributed by atoms with Gasteiger partial charge in [0.25, 0.3) is 0 Å². The number of hydrogen-bond donors (Lipinski definition) is 2. The van der Waals surface area contributed by atoms with Crippen LogP contribution < -0.4 is 69.2 Å². The van der Waals surface area contributed by atoms with Crippen LogP contribution in [-0.4, -0.2) is 16.9 Å². The Morgan fingerprint density at radius 2 is 1.60 bits per heavy atom. The quantitative estimate of drug-likeness (QED) is 0.458. The van der Waals surface area contributed by atoms with Crippen molar-refractivity contribution >= 4 is 12.9 Å². The molecule has 0 radical (unpaired) electrons. The van der Waals surface area contributed by atoms with E-state index in [1.807, 2.05) is 27.7 Å². The summed E-state index contributed by atoms with van der Waals surface area (Å²) < 4.78 is 16.9. The van der Waals surface area contributed by atoms with Gasteiger partial charge >= 0.3 is 66.7 Å². The first-order valence-electron chi connectivity index (χ1n) is 5.97. The first-order valence-corrected chi connectivity index (χ1v) is 7.58. The summed E-state index contributed by atoms with van der Waals surface area (Å²) >= 11 is 0. The van der Waals surface area contributed by atoms with E-state index in [2.05, 4.69) is 0 Å². The molecule has 0 spiro atoms. The van der Waals surface area contributed by atoms with Crippen LogP contribution in [0.2, 0.25) is 0 Å². The van der Waals surface area contributed by atoms with Gasteiger partial charge in [0.1, 0.15) is 5.75 Å². The largest absolute Gasteiger partial charge is 1.00 e. The maximum atomic E-state index is 11.5. The van der Waals surface area contributed by atoms with Crippen LogP contribution >= 0.6 is 7.60 Å². The molecule has 4 nitrogen and oxygen atoms in total. The van der Waals surface area contributed by atoms with Crippen molar-refractivity contribution in [2.45, 2.75) is 39.5 Å². The van der Waals surface area contributed by atoms with Crippen LogP contribution in [0.25, 0.3) is 0 Å². The fourth-order valence-electron chi connectivity index (χ4n) is 2.10. The van der Waals surface area contributed by atoms with Gasteiger partial charge in [-0.15, -0.1) is 0 Å². The Bertz CT molecular complexity index is 493. The molecule has 0 saturated carbocycles. The van der Waals surface area contributed by atoms with Gasteiger partial charge in [0.05, 0.1) is 12.4 Å². The van der Waals surface area contributed by atoms with Crippen LogP contribution in [0.15, 0.2) is 12.1 Å². The van der Waals surface area contributed by atoms with Gasteiger partial charge in [-0.2, -0.15) is 0 Å². The van der Waals surface area contributed by atoms with Gasteiger partial charge in [-0.3, -0.25) is 4.57 Å². The zero-order valence-corrected chi connectivity index (χ0v) is 18.4. The van der Waals surface area contributed by atoms with Crippen molar-refractivity contribution in [1.82, 2.24) is 0 Å². The molecule has 0 saturated heterocycles. The molecule has 0 aliphatic carbocycles. The molecule has 0 amide bonds. The first kappa shape index (κ1) is 23.4. The normalized spacial score (nSPS) is 11.1. The molecule has 1 aromatic rings. The summed E-state index contributed by atoms with van der Waals surface area (Å²) in [7, 11) is -2.74. The third-order valence-electron chi connectivity index (χ3n) is 2.92. The molecule has 7 heteroatoms. The molecule has 1 rings (SSSR count). The van der Waals surface area contributed by atoms with Crippen molar-refractivity contribution in [2.24, 2.45) is 0 Å². The van der Waals surface area contributed by atoms with Gasteiger partial charge in [0, 0.05) is 5.56 Å². The molecule has 0 bridgehead atoms. The second kappa shape index (κ2) is 9.34. The number of rotatable bonds is 4. The molecular weight excluding hydrogens is 297 g/mol. The van der Waals surface area contributed by atoms with Crippen molar-refractivity contribution in [1.29, 1.82) is 0 Å². The molecule has 106 valence electrons. The summed E-state index contributed by atoms with van der Waals surface area (Å²) in [5, 5.41) is 0.0683. The van der Waals surface area contributed by atoms with E-state index in [1.165, 1.54) is 13.2 Å². The molecule has 2 N–H and O–H groups in total. The Kier molecular flexibility index (Phi) is 10.9. The van der Waals surface area contributed by atoms with Crippen LogP contribution in [0.5, 0.6) is 5.75 Å². The Labute approximate surface area is 168 Å². The minimum atomic E-state index is -4.28. The van der Waals surface area contributed by atoms with E-state index in [1.54, 1.807) is 6.07 Å². The van der Waals surface area contributed by atoms with Crippen LogP contribution in [0, 0.1) is 0 Å². The topological polar surface area (TPSA) is 66.8 Å². The van der Waals surface area contributed by atoms with Gasteiger partial charge in [0.2, 0.25) is 0 Å². The second-order valence-corrected chi connectivity index (χ2v) is 6.54. The van der Waals surface area contributed by atoms with Gasteiger partial charge < -0.3 is 17.4 Å². The van der Waals surface area contributed by atoms with E-state index in [-0.39, 0.29) is 79.1 Å². The van der Waals surface area contributed by atoms with Gasteiger partial charge in [-0.25, -0.2) is 0 Å². The van der Waals surface area contributed by atoms with Crippen LogP contribution in [-0.2, 0) is 4.57 Å². The average Bonchev–Trinajstić information content (AvgIpc) is 2.25. The smallest absolute Gasteiger partial charge is 1.00 e. The first-order chi connectivity index (χ1) is 8.20. The summed E-state index contributed by atoms with van der Waals surface area (Å²) in [5.74, 6) is 0.824. The number of ether oxygens (including phenoxy) is 1. The van der Waals surface area contributed by atoms with Crippen LogP contribution in [0.3, 0.4) is 0 Å². The fraction of sp³-hybridized carbons (Fsp3) is 0.538. The predicted octanol–water partition coefficient (Wildman–Crippen LogP) is -3.02. The van der Waals surface area contributed by atoms with Crippen LogP contribution in [0.1, 0.15) is 53.5 Å². The molecule has 0 atom stereocenters. The monoisotopic (exact) mass is 320 g/mol. The Hall–Kier alpha value is 1.17. The van der Waals surface area contributed by atoms with E-state index < -0.39 is 7.60 Å². The predicted molar refractivity (Wildman–Crippen MR) is 75.1 cm³/mol. The maximum absolute atomic E-state index is 11.5. The Morgan fingerprint density at radius 1 is 1.10 bits per heavy atom. The Morgan fingerprint density at radius 3 is 1.90 bits per heavy atom. The fourth-order valence-corrected chi connectivity index (χ4v) is 3.04. The van der Waals surface area contributed by atoms with Crippen LogP contribution in [0.4, 0.5) is 0 Å². The maximum Gasteiger partial charge on any atom is 1.00 e. The summed E-state index contributed by atoms with van der Waals surface area (Å²) in [4.78, 5) is 18.8. The van der Waals surface area contributed by atoms with E-state index >= 15 is 0 Å².